The normalized spacial score (nSPS) is 14.4. The molecule has 9 nitrogen and oxygen atoms in total. The molecule has 1 aliphatic heterocycles. The fourth-order valence-electron chi connectivity index (χ4n) is 2.64. The molecule has 1 heterocycles. The van der Waals surface area contributed by atoms with E-state index in [4.69, 9.17) is 14.2 Å². The number of aryl methyl sites for hydroxylation is 1. The average Bonchev–Trinajstić information content (AvgIpc) is 3.03. The molecule has 0 N–H and O–H groups in total. The lowest BCUT2D eigenvalue weighted by atomic mass is 10.1. The van der Waals surface area contributed by atoms with Gasteiger partial charge in [0.1, 0.15) is 0 Å². The molecule has 0 saturated heterocycles. The van der Waals surface area contributed by atoms with Gasteiger partial charge in [0.05, 0.1) is 12.0 Å². The SMILES string of the molecule is COc1cc(/C=C2/N=C(c3ccc(C)c([N+](=O)[O-])c3)OC2=O)ccc1OC(C)=O. The Morgan fingerprint density at radius 2 is 1.97 bits per heavy atom. The van der Waals surface area contributed by atoms with Gasteiger partial charge in [-0.05, 0) is 36.8 Å². The Bertz CT molecular complexity index is 1090. The van der Waals surface area contributed by atoms with Crippen LogP contribution in [-0.2, 0) is 14.3 Å². The van der Waals surface area contributed by atoms with E-state index < -0.39 is 16.9 Å². The molecule has 148 valence electrons. The average molecular weight is 396 g/mol. The quantitative estimate of drug-likeness (QED) is 0.250. The summed E-state index contributed by atoms with van der Waals surface area (Å²) in [6.07, 6.45) is 1.47. The Labute approximate surface area is 165 Å². The number of carbonyl (C=O) groups is 2. The van der Waals surface area contributed by atoms with E-state index in [-0.39, 0.29) is 23.0 Å². The molecule has 2 aromatic carbocycles. The maximum Gasteiger partial charge on any atom is 0.363 e. The van der Waals surface area contributed by atoms with Crippen molar-refractivity contribution in [2.75, 3.05) is 7.11 Å². The molecule has 0 radical (unpaired) electrons. The van der Waals surface area contributed by atoms with Crippen molar-refractivity contribution in [3.8, 4) is 11.5 Å². The summed E-state index contributed by atoms with van der Waals surface area (Å²) in [7, 11) is 1.42. The Kier molecular flexibility index (Phi) is 5.40. The monoisotopic (exact) mass is 396 g/mol. The molecule has 0 aromatic heterocycles. The smallest absolute Gasteiger partial charge is 0.363 e. The predicted octanol–water partition coefficient (Wildman–Crippen LogP) is 3.18. The van der Waals surface area contributed by atoms with Gasteiger partial charge in [-0.2, -0.15) is 0 Å². The van der Waals surface area contributed by atoms with Crippen LogP contribution in [0, 0.1) is 17.0 Å². The number of nitrogens with zero attached hydrogens (tertiary/aromatic N) is 2. The first-order valence-electron chi connectivity index (χ1n) is 8.43. The maximum atomic E-state index is 12.2. The van der Waals surface area contributed by atoms with E-state index in [1.807, 2.05) is 0 Å². The standard InChI is InChI=1S/C20H16N2O7/c1-11-4-6-14(10-16(11)22(25)26)19-21-15(20(24)29-19)8-13-5-7-17(28-12(2)23)18(9-13)27-3/h4-10H,1-3H3/b15-8+. The number of carbonyl (C=O) groups excluding carboxylic acids is 2. The fourth-order valence-corrected chi connectivity index (χ4v) is 2.64. The summed E-state index contributed by atoms with van der Waals surface area (Å²) in [6, 6.07) is 9.18. The first-order valence-corrected chi connectivity index (χ1v) is 8.43. The van der Waals surface area contributed by atoms with Gasteiger partial charge in [-0.1, -0.05) is 12.1 Å². The van der Waals surface area contributed by atoms with Crippen molar-refractivity contribution in [1.29, 1.82) is 0 Å². The summed E-state index contributed by atoms with van der Waals surface area (Å²) in [5.41, 5.74) is 1.29. The summed E-state index contributed by atoms with van der Waals surface area (Å²) < 4.78 is 15.4. The van der Waals surface area contributed by atoms with Crippen LogP contribution in [0.4, 0.5) is 5.69 Å². The van der Waals surface area contributed by atoms with Gasteiger partial charge in [-0.3, -0.25) is 14.9 Å². The van der Waals surface area contributed by atoms with Crippen LogP contribution in [0.25, 0.3) is 6.08 Å². The van der Waals surface area contributed by atoms with Crippen molar-refractivity contribution >= 4 is 29.6 Å². The number of hydrogen-bond donors (Lipinski definition) is 0. The molecule has 0 saturated carbocycles. The maximum absolute atomic E-state index is 12.2. The highest BCUT2D eigenvalue weighted by molar-refractivity contribution is 6.13. The number of rotatable bonds is 5. The molecule has 2 aromatic rings. The molecule has 0 fully saturated rings. The van der Waals surface area contributed by atoms with E-state index in [0.29, 0.717) is 22.4 Å². The minimum atomic E-state index is -0.689. The molecule has 0 atom stereocenters. The van der Waals surface area contributed by atoms with Crippen LogP contribution in [0.5, 0.6) is 11.5 Å². The van der Waals surface area contributed by atoms with E-state index in [1.54, 1.807) is 31.2 Å². The third-order valence-electron chi connectivity index (χ3n) is 4.02. The van der Waals surface area contributed by atoms with Crippen LogP contribution < -0.4 is 9.47 Å². The van der Waals surface area contributed by atoms with Gasteiger partial charge in [0.25, 0.3) is 5.69 Å². The highest BCUT2D eigenvalue weighted by Gasteiger charge is 2.26. The lowest BCUT2D eigenvalue weighted by Crippen LogP contribution is -2.06. The number of benzene rings is 2. The van der Waals surface area contributed by atoms with Crippen LogP contribution in [-0.4, -0.2) is 29.9 Å². The van der Waals surface area contributed by atoms with E-state index in [2.05, 4.69) is 4.99 Å². The van der Waals surface area contributed by atoms with Gasteiger partial charge in [0, 0.05) is 24.1 Å². The Hall–Kier alpha value is -4.01. The fraction of sp³-hybridized carbons (Fsp3) is 0.150. The molecule has 0 spiro atoms. The second-order valence-corrected chi connectivity index (χ2v) is 6.10. The van der Waals surface area contributed by atoms with Gasteiger partial charge < -0.3 is 14.2 Å². The van der Waals surface area contributed by atoms with Crippen LogP contribution in [0.2, 0.25) is 0 Å². The minimum Gasteiger partial charge on any atom is -0.493 e. The molecular formula is C20H16N2O7. The molecule has 9 heteroatoms. The third-order valence-corrected chi connectivity index (χ3v) is 4.02. The van der Waals surface area contributed by atoms with Gasteiger partial charge in [0.15, 0.2) is 17.2 Å². The highest BCUT2D eigenvalue weighted by Crippen LogP contribution is 2.30. The summed E-state index contributed by atoms with van der Waals surface area (Å²) in [4.78, 5) is 38.1. The van der Waals surface area contributed by atoms with E-state index in [0.717, 1.165) is 0 Å². The van der Waals surface area contributed by atoms with Crippen molar-refractivity contribution in [3.63, 3.8) is 0 Å². The summed E-state index contributed by atoms with van der Waals surface area (Å²) in [6.45, 7) is 2.89. The van der Waals surface area contributed by atoms with E-state index in [9.17, 15) is 19.7 Å². The van der Waals surface area contributed by atoms with Crippen LogP contribution in [0.15, 0.2) is 47.1 Å². The van der Waals surface area contributed by atoms with Crippen molar-refractivity contribution in [2.45, 2.75) is 13.8 Å². The highest BCUT2D eigenvalue weighted by atomic mass is 16.6. The molecule has 0 aliphatic carbocycles. The third kappa shape index (κ3) is 4.29. The van der Waals surface area contributed by atoms with Crippen LogP contribution in [0.1, 0.15) is 23.6 Å². The topological polar surface area (TPSA) is 117 Å². The number of cyclic esters (lactones) is 1. The predicted molar refractivity (Wildman–Crippen MR) is 103 cm³/mol. The summed E-state index contributed by atoms with van der Waals surface area (Å²) in [5.74, 6) is -0.652. The van der Waals surface area contributed by atoms with Gasteiger partial charge in [-0.15, -0.1) is 0 Å². The molecule has 1 aliphatic rings. The number of ether oxygens (including phenoxy) is 3. The molecule has 0 unspecified atom stereocenters. The van der Waals surface area contributed by atoms with Crippen molar-refractivity contribution in [2.24, 2.45) is 4.99 Å². The second-order valence-electron chi connectivity index (χ2n) is 6.10. The minimum absolute atomic E-state index is 0.0190. The van der Waals surface area contributed by atoms with Crippen molar-refractivity contribution in [3.05, 3.63) is 68.9 Å². The zero-order chi connectivity index (χ0) is 21.1. The van der Waals surface area contributed by atoms with Gasteiger partial charge in [0.2, 0.25) is 5.90 Å². The number of methoxy groups -OCH3 is 1. The Morgan fingerprint density at radius 1 is 1.21 bits per heavy atom. The zero-order valence-electron chi connectivity index (χ0n) is 15.8. The van der Waals surface area contributed by atoms with Crippen LogP contribution >= 0.6 is 0 Å². The number of nitro groups is 1. The number of nitro benzene ring substituents is 1. The molecular weight excluding hydrogens is 380 g/mol. The van der Waals surface area contributed by atoms with Crippen molar-refractivity contribution in [1.82, 2.24) is 0 Å². The molecule has 3 rings (SSSR count). The first kappa shape index (κ1) is 19.7. The largest absolute Gasteiger partial charge is 0.493 e. The second kappa shape index (κ2) is 7.93. The van der Waals surface area contributed by atoms with Gasteiger partial charge in [-0.25, -0.2) is 9.79 Å². The zero-order valence-corrected chi connectivity index (χ0v) is 15.8. The van der Waals surface area contributed by atoms with E-state index in [1.165, 1.54) is 32.2 Å². The molecule has 0 bridgehead atoms. The molecule has 29 heavy (non-hydrogen) atoms. The first-order chi connectivity index (χ1) is 13.8. The molecule has 0 amide bonds. The van der Waals surface area contributed by atoms with Crippen LogP contribution in [0.3, 0.4) is 0 Å². The summed E-state index contributed by atoms with van der Waals surface area (Å²) >= 11 is 0. The van der Waals surface area contributed by atoms with Crippen molar-refractivity contribution < 1.29 is 28.7 Å². The van der Waals surface area contributed by atoms with Gasteiger partial charge >= 0.3 is 11.9 Å². The van der Waals surface area contributed by atoms with E-state index >= 15 is 0 Å². The Morgan fingerprint density at radius 3 is 2.62 bits per heavy atom. The number of aliphatic imine (C=N–C) groups is 1. The number of esters is 2. The lowest BCUT2D eigenvalue weighted by molar-refractivity contribution is -0.385. The summed E-state index contributed by atoms with van der Waals surface area (Å²) in [5, 5.41) is 11.1. The Balaban J connectivity index is 1.94. The number of hydrogen-bond acceptors (Lipinski definition) is 8. The lowest BCUT2D eigenvalue weighted by Gasteiger charge is -2.08.